The molecule has 3 nitrogen and oxygen atoms in total. The summed E-state index contributed by atoms with van der Waals surface area (Å²) in [5.74, 6) is 0. The number of nitrogens with zero attached hydrogens (tertiary/aromatic N) is 2. The van der Waals surface area contributed by atoms with E-state index in [0.29, 0.717) is 5.13 Å². The maximum Gasteiger partial charge on any atom is 0.180 e. The van der Waals surface area contributed by atoms with Gasteiger partial charge >= 0.3 is 0 Å². The van der Waals surface area contributed by atoms with Crippen LogP contribution in [-0.2, 0) is 13.1 Å². The Labute approximate surface area is 137 Å². The first kappa shape index (κ1) is 18.0. The second-order valence-corrected chi connectivity index (χ2v) is 7.50. The van der Waals surface area contributed by atoms with Crippen molar-refractivity contribution in [2.24, 2.45) is 5.41 Å². The normalized spacial score (nSPS) is 11.4. The maximum absolute atomic E-state index is 5.72. The number of hydrogen-bond donors (Lipinski definition) is 1. The molecule has 0 fully saturated rings. The fourth-order valence-corrected chi connectivity index (χ4v) is 3.02. The Hall–Kier alpha value is -1.10. The van der Waals surface area contributed by atoms with Gasteiger partial charge in [0.1, 0.15) is 0 Å². The van der Waals surface area contributed by atoms with Crippen LogP contribution < -0.4 is 5.73 Å². The Morgan fingerprint density at radius 2 is 1.81 bits per heavy atom. The standard InChI is InChI=1S/C16H23N3S.ClH/c1-16(2,3)12-19(10-13-7-5-4-6-8-13)11-14-9-18-15(17)20-14;/h4-9H,10-12H2,1-3H3,(H2,17,18);1H. The smallest absolute Gasteiger partial charge is 0.180 e. The van der Waals surface area contributed by atoms with Crippen molar-refractivity contribution in [2.75, 3.05) is 12.3 Å². The summed E-state index contributed by atoms with van der Waals surface area (Å²) in [5.41, 5.74) is 7.33. The summed E-state index contributed by atoms with van der Waals surface area (Å²) >= 11 is 1.58. The molecule has 1 aromatic heterocycles. The first-order chi connectivity index (χ1) is 9.42. The number of halogens is 1. The van der Waals surface area contributed by atoms with E-state index in [-0.39, 0.29) is 17.8 Å². The van der Waals surface area contributed by atoms with Gasteiger partial charge in [0.15, 0.2) is 5.13 Å². The second-order valence-electron chi connectivity index (χ2n) is 6.36. The van der Waals surface area contributed by atoms with Gasteiger partial charge in [-0.1, -0.05) is 51.1 Å². The number of thiazole rings is 1. The van der Waals surface area contributed by atoms with E-state index in [2.05, 4.69) is 61.0 Å². The molecule has 0 aliphatic heterocycles. The molecule has 1 aromatic carbocycles. The highest BCUT2D eigenvalue weighted by Gasteiger charge is 2.17. The lowest BCUT2D eigenvalue weighted by atomic mass is 9.95. The molecule has 2 N–H and O–H groups in total. The zero-order valence-electron chi connectivity index (χ0n) is 12.9. The van der Waals surface area contributed by atoms with Crippen LogP contribution in [0.15, 0.2) is 36.5 Å². The Morgan fingerprint density at radius 3 is 2.33 bits per heavy atom. The highest BCUT2D eigenvalue weighted by atomic mass is 35.5. The van der Waals surface area contributed by atoms with E-state index in [1.165, 1.54) is 10.4 Å². The molecule has 0 amide bonds. The first-order valence-corrected chi connectivity index (χ1v) is 7.70. The van der Waals surface area contributed by atoms with Gasteiger partial charge in [0.25, 0.3) is 0 Å². The number of rotatable bonds is 5. The van der Waals surface area contributed by atoms with Crippen LogP contribution in [0.1, 0.15) is 31.2 Å². The summed E-state index contributed by atoms with van der Waals surface area (Å²) in [6, 6.07) is 10.6. The summed E-state index contributed by atoms with van der Waals surface area (Å²) < 4.78 is 0. The zero-order valence-corrected chi connectivity index (χ0v) is 14.5. The fraction of sp³-hybridized carbons (Fsp3) is 0.438. The highest BCUT2D eigenvalue weighted by Crippen LogP contribution is 2.22. The Balaban J connectivity index is 0.00000220. The lowest BCUT2D eigenvalue weighted by Crippen LogP contribution is -2.31. The third kappa shape index (κ3) is 6.46. The van der Waals surface area contributed by atoms with Gasteiger partial charge in [-0.15, -0.1) is 23.7 Å². The van der Waals surface area contributed by atoms with E-state index in [1.54, 1.807) is 11.3 Å². The van der Waals surface area contributed by atoms with Gasteiger partial charge < -0.3 is 5.73 Å². The van der Waals surface area contributed by atoms with Gasteiger partial charge in [-0.25, -0.2) is 4.98 Å². The zero-order chi connectivity index (χ0) is 14.6. The molecule has 0 atom stereocenters. The molecule has 0 aliphatic rings. The van der Waals surface area contributed by atoms with E-state index in [0.717, 1.165) is 19.6 Å². The Morgan fingerprint density at radius 1 is 1.14 bits per heavy atom. The van der Waals surface area contributed by atoms with Crippen molar-refractivity contribution in [3.8, 4) is 0 Å². The van der Waals surface area contributed by atoms with Crippen molar-refractivity contribution >= 4 is 28.9 Å². The van der Waals surface area contributed by atoms with Crippen molar-refractivity contribution in [3.05, 3.63) is 47.0 Å². The fourth-order valence-electron chi connectivity index (χ4n) is 2.30. The van der Waals surface area contributed by atoms with Crippen LogP contribution in [-0.4, -0.2) is 16.4 Å². The largest absolute Gasteiger partial charge is 0.375 e. The van der Waals surface area contributed by atoms with Gasteiger partial charge in [-0.2, -0.15) is 0 Å². The lowest BCUT2D eigenvalue weighted by molar-refractivity contribution is 0.178. The third-order valence-electron chi connectivity index (χ3n) is 2.90. The van der Waals surface area contributed by atoms with Gasteiger partial charge in [0.05, 0.1) is 0 Å². The molecule has 2 rings (SSSR count). The summed E-state index contributed by atoms with van der Waals surface area (Å²) in [6.45, 7) is 9.71. The molecule has 0 bridgehead atoms. The minimum absolute atomic E-state index is 0. The average molecular weight is 326 g/mol. The molecule has 0 unspecified atom stereocenters. The van der Waals surface area contributed by atoms with Crippen LogP contribution in [0.4, 0.5) is 5.13 Å². The maximum atomic E-state index is 5.72. The molecule has 2 aromatic rings. The molecule has 1 heterocycles. The summed E-state index contributed by atoms with van der Waals surface area (Å²) in [4.78, 5) is 7.83. The Kier molecular flexibility index (Phi) is 6.65. The average Bonchev–Trinajstić information content (AvgIpc) is 2.74. The van der Waals surface area contributed by atoms with Crippen LogP contribution in [0, 0.1) is 5.41 Å². The molecular weight excluding hydrogens is 302 g/mol. The van der Waals surface area contributed by atoms with Crippen molar-refractivity contribution in [2.45, 2.75) is 33.9 Å². The van der Waals surface area contributed by atoms with Crippen LogP contribution >= 0.6 is 23.7 Å². The lowest BCUT2D eigenvalue weighted by Gasteiger charge is -2.29. The number of nitrogens with two attached hydrogens (primary N) is 1. The number of hydrogen-bond acceptors (Lipinski definition) is 4. The Bertz CT molecular complexity index is 534. The summed E-state index contributed by atoms with van der Waals surface area (Å²) in [7, 11) is 0. The number of benzene rings is 1. The quantitative estimate of drug-likeness (QED) is 0.896. The summed E-state index contributed by atoms with van der Waals surface area (Å²) in [6.07, 6.45) is 1.89. The van der Waals surface area contributed by atoms with Crippen molar-refractivity contribution in [1.82, 2.24) is 9.88 Å². The predicted octanol–water partition coefficient (Wildman–Crippen LogP) is 4.20. The minimum atomic E-state index is 0. The topological polar surface area (TPSA) is 42.2 Å². The van der Waals surface area contributed by atoms with Crippen LogP contribution in [0.2, 0.25) is 0 Å². The van der Waals surface area contributed by atoms with E-state index in [1.807, 2.05) is 6.20 Å². The van der Waals surface area contributed by atoms with E-state index < -0.39 is 0 Å². The van der Waals surface area contributed by atoms with Gasteiger partial charge in [-0.3, -0.25) is 4.90 Å². The van der Waals surface area contributed by atoms with Crippen LogP contribution in [0.25, 0.3) is 0 Å². The van der Waals surface area contributed by atoms with Gasteiger partial charge in [0.2, 0.25) is 0 Å². The highest BCUT2D eigenvalue weighted by molar-refractivity contribution is 7.15. The molecule has 0 radical (unpaired) electrons. The number of nitrogen functional groups attached to an aromatic ring is 1. The molecule has 5 heteroatoms. The molecule has 116 valence electrons. The van der Waals surface area contributed by atoms with E-state index in [9.17, 15) is 0 Å². The van der Waals surface area contributed by atoms with Crippen molar-refractivity contribution in [3.63, 3.8) is 0 Å². The molecule has 0 saturated heterocycles. The monoisotopic (exact) mass is 325 g/mol. The SMILES string of the molecule is CC(C)(C)CN(Cc1ccccc1)Cc1cnc(N)s1.Cl. The van der Waals surface area contributed by atoms with E-state index >= 15 is 0 Å². The number of aromatic nitrogens is 1. The van der Waals surface area contributed by atoms with Crippen molar-refractivity contribution < 1.29 is 0 Å². The summed E-state index contributed by atoms with van der Waals surface area (Å²) in [5, 5.41) is 0.649. The molecular formula is C16H24ClN3S. The molecule has 0 aliphatic carbocycles. The predicted molar refractivity (Wildman–Crippen MR) is 93.8 cm³/mol. The van der Waals surface area contributed by atoms with Crippen LogP contribution in [0.5, 0.6) is 0 Å². The van der Waals surface area contributed by atoms with E-state index in [4.69, 9.17) is 5.73 Å². The van der Waals surface area contributed by atoms with Gasteiger partial charge in [0, 0.05) is 30.7 Å². The molecule has 21 heavy (non-hydrogen) atoms. The minimum Gasteiger partial charge on any atom is -0.375 e. The molecule has 0 saturated carbocycles. The van der Waals surface area contributed by atoms with Gasteiger partial charge in [-0.05, 0) is 11.0 Å². The second kappa shape index (κ2) is 7.78. The molecule has 0 spiro atoms. The first-order valence-electron chi connectivity index (χ1n) is 6.89. The van der Waals surface area contributed by atoms with Crippen molar-refractivity contribution in [1.29, 1.82) is 0 Å². The third-order valence-corrected chi connectivity index (χ3v) is 3.71. The van der Waals surface area contributed by atoms with Crippen LogP contribution in [0.3, 0.4) is 0 Å². The number of anilines is 1.